The molecule has 2 aromatic rings. The lowest BCUT2D eigenvalue weighted by Gasteiger charge is -2.36. The highest BCUT2D eigenvalue weighted by Crippen LogP contribution is 2.24. The van der Waals surface area contributed by atoms with Crippen LogP contribution in [-0.4, -0.2) is 65.7 Å². The summed E-state index contributed by atoms with van der Waals surface area (Å²) in [5.74, 6) is 2.29. The molecule has 0 unspecified atom stereocenters. The van der Waals surface area contributed by atoms with Crippen LogP contribution in [-0.2, 0) is 4.74 Å². The van der Waals surface area contributed by atoms with Gasteiger partial charge < -0.3 is 24.3 Å². The summed E-state index contributed by atoms with van der Waals surface area (Å²) in [6, 6.07) is 5.60. The molecule has 1 amide bonds. The smallest absolute Gasteiger partial charge is 0.289 e. The Morgan fingerprint density at radius 3 is 2.79 bits per heavy atom. The van der Waals surface area contributed by atoms with Crippen LogP contribution in [0.15, 0.2) is 35.1 Å². The van der Waals surface area contributed by atoms with Crippen molar-refractivity contribution in [2.75, 3.05) is 43.0 Å². The quantitative estimate of drug-likeness (QED) is 0.827. The standard InChI is InChI=1S/C21H29N5O3/c1-15(2)19-16(5-3-14-29-19)23-18-7-8-22-21(24-18)26-11-9-25(10-12-26)20(27)17-6-4-13-28-17/h4,6-8,13,15-16,19H,3,5,9-12,14H2,1-2H3,(H,22,23,24)/t16-,19-/m0/s1. The molecule has 0 aromatic carbocycles. The van der Waals surface area contributed by atoms with Crippen molar-refractivity contribution in [2.24, 2.45) is 5.92 Å². The number of carbonyl (C=O) groups excluding carboxylic acids is 1. The Morgan fingerprint density at radius 1 is 1.24 bits per heavy atom. The van der Waals surface area contributed by atoms with Gasteiger partial charge in [-0.25, -0.2) is 4.98 Å². The lowest BCUT2D eigenvalue weighted by molar-refractivity contribution is -0.0203. The van der Waals surface area contributed by atoms with E-state index >= 15 is 0 Å². The van der Waals surface area contributed by atoms with Gasteiger partial charge in [0, 0.05) is 39.0 Å². The van der Waals surface area contributed by atoms with Gasteiger partial charge in [-0.3, -0.25) is 4.79 Å². The van der Waals surface area contributed by atoms with Crippen molar-refractivity contribution in [3.05, 3.63) is 36.4 Å². The Bertz CT molecular complexity index is 802. The van der Waals surface area contributed by atoms with Gasteiger partial charge in [-0.1, -0.05) is 13.8 Å². The second kappa shape index (κ2) is 8.82. The molecule has 1 N–H and O–H groups in total. The molecule has 2 aliphatic heterocycles. The number of anilines is 2. The second-order valence-electron chi connectivity index (χ2n) is 7.97. The van der Waals surface area contributed by atoms with Crippen LogP contribution >= 0.6 is 0 Å². The number of carbonyl (C=O) groups is 1. The van der Waals surface area contributed by atoms with E-state index in [2.05, 4.69) is 29.0 Å². The van der Waals surface area contributed by atoms with Crippen molar-refractivity contribution in [3.63, 3.8) is 0 Å². The molecule has 0 spiro atoms. The van der Waals surface area contributed by atoms with E-state index in [-0.39, 0.29) is 18.1 Å². The lowest BCUT2D eigenvalue weighted by Crippen LogP contribution is -2.49. The molecular weight excluding hydrogens is 370 g/mol. The van der Waals surface area contributed by atoms with E-state index in [4.69, 9.17) is 14.1 Å². The molecule has 29 heavy (non-hydrogen) atoms. The largest absolute Gasteiger partial charge is 0.459 e. The molecule has 156 valence electrons. The third-order valence-corrected chi connectivity index (χ3v) is 5.58. The van der Waals surface area contributed by atoms with E-state index < -0.39 is 0 Å². The number of furan rings is 1. The Kier molecular flexibility index (Phi) is 5.99. The minimum atomic E-state index is -0.0667. The topological polar surface area (TPSA) is 83.7 Å². The number of piperazine rings is 1. The molecule has 0 radical (unpaired) electrons. The molecular formula is C21H29N5O3. The van der Waals surface area contributed by atoms with E-state index in [9.17, 15) is 4.79 Å². The summed E-state index contributed by atoms with van der Waals surface area (Å²) in [5, 5.41) is 3.56. The maximum absolute atomic E-state index is 12.4. The zero-order chi connectivity index (χ0) is 20.2. The number of rotatable bonds is 5. The van der Waals surface area contributed by atoms with Gasteiger partial charge in [-0.2, -0.15) is 4.98 Å². The van der Waals surface area contributed by atoms with Gasteiger partial charge in [0.15, 0.2) is 5.76 Å². The fraction of sp³-hybridized carbons (Fsp3) is 0.571. The third kappa shape index (κ3) is 4.53. The lowest BCUT2D eigenvalue weighted by atomic mass is 9.94. The van der Waals surface area contributed by atoms with E-state index in [1.54, 1.807) is 18.3 Å². The second-order valence-corrected chi connectivity index (χ2v) is 7.97. The molecule has 4 rings (SSSR count). The van der Waals surface area contributed by atoms with Crippen molar-refractivity contribution < 1.29 is 13.9 Å². The zero-order valence-electron chi connectivity index (χ0n) is 17.1. The van der Waals surface area contributed by atoms with Crippen LogP contribution in [0.3, 0.4) is 0 Å². The molecule has 2 aliphatic rings. The summed E-state index contributed by atoms with van der Waals surface area (Å²) < 4.78 is 11.2. The van der Waals surface area contributed by atoms with Gasteiger partial charge in [-0.05, 0) is 37.0 Å². The zero-order valence-corrected chi connectivity index (χ0v) is 17.1. The van der Waals surface area contributed by atoms with Crippen LogP contribution in [0.1, 0.15) is 37.2 Å². The molecule has 2 atom stereocenters. The van der Waals surface area contributed by atoms with Gasteiger partial charge in [0.1, 0.15) is 5.82 Å². The molecule has 2 fully saturated rings. The number of nitrogens with zero attached hydrogens (tertiary/aromatic N) is 4. The van der Waals surface area contributed by atoms with Gasteiger partial charge >= 0.3 is 0 Å². The predicted molar refractivity (Wildman–Crippen MR) is 110 cm³/mol. The third-order valence-electron chi connectivity index (χ3n) is 5.58. The molecule has 8 nitrogen and oxygen atoms in total. The first kappa shape index (κ1) is 19.7. The van der Waals surface area contributed by atoms with E-state index in [0.29, 0.717) is 43.8 Å². The van der Waals surface area contributed by atoms with Crippen molar-refractivity contribution in [3.8, 4) is 0 Å². The molecule has 4 heterocycles. The van der Waals surface area contributed by atoms with Gasteiger partial charge in [-0.15, -0.1) is 0 Å². The Hall–Kier alpha value is -2.61. The molecule has 8 heteroatoms. The SMILES string of the molecule is CC(C)[C@@H]1OCCC[C@@H]1Nc1ccnc(N2CCN(C(=O)c3ccco3)CC2)n1. The molecule has 0 saturated carbocycles. The molecule has 2 aromatic heterocycles. The Morgan fingerprint density at radius 2 is 2.07 bits per heavy atom. The molecule has 0 aliphatic carbocycles. The fourth-order valence-electron chi connectivity index (χ4n) is 4.05. The number of aromatic nitrogens is 2. The average molecular weight is 399 g/mol. The minimum absolute atomic E-state index is 0.0667. The predicted octanol–water partition coefficient (Wildman–Crippen LogP) is 2.65. The van der Waals surface area contributed by atoms with Gasteiger partial charge in [0.2, 0.25) is 5.95 Å². The van der Waals surface area contributed by atoms with Crippen LogP contribution in [0.2, 0.25) is 0 Å². The monoisotopic (exact) mass is 399 g/mol. The average Bonchev–Trinajstić information content (AvgIpc) is 3.29. The van der Waals surface area contributed by atoms with Gasteiger partial charge in [0.25, 0.3) is 5.91 Å². The summed E-state index contributed by atoms with van der Waals surface area (Å²) in [6.45, 7) is 7.84. The van der Waals surface area contributed by atoms with E-state index in [0.717, 1.165) is 25.3 Å². The van der Waals surface area contributed by atoms with Crippen molar-refractivity contribution in [1.29, 1.82) is 0 Å². The molecule has 0 bridgehead atoms. The van der Waals surface area contributed by atoms with Crippen LogP contribution in [0.25, 0.3) is 0 Å². The first-order valence-electron chi connectivity index (χ1n) is 10.4. The number of hydrogen-bond acceptors (Lipinski definition) is 7. The number of amides is 1. The van der Waals surface area contributed by atoms with Crippen molar-refractivity contribution in [2.45, 2.75) is 38.8 Å². The normalized spacial score (nSPS) is 22.7. The van der Waals surface area contributed by atoms with Crippen molar-refractivity contribution in [1.82, 2.24) is 14.9 Å². The van der Waals surface area contributed by atoms with E-state index in [1.165, 1.54) is 6.26 Å². The van der Waals surface area contributed by atoms with Crippen LogP contribution in [0.4, 0.5) is 11.8 Å². The maximum atomic E-state index is 12.4. The minimum Gasteiger partial charge on any atom is -0.459 e. The first-order valence-corrected chi connectivity index (χ1v) is 10.4. The summed E-state index contributed by atoms with van der Waals surface area (Å²) in [5.41, 5.74) is 0. The van der Waals surface area contributed by atoms with Crippen LogP contribution in [0.5, 0.6) is 0 Å². The first-order chi connectivity index (χ1) is 14.1. The van der Waals surface area contributed by atoms with Crippen LogP contribution < -0.4 is 10.2 Å². The van der Waals surface area contributed by atoms with Crippen molar-refractivity contribution >= 4 is 17.7 Å². The molecule has 2 saturated heterocycles. The highest BCUT2D eigenvalue weighted by atomic mass is 16.5. The van der Waals surface area contributed by atoms with Gasteiger partial charge in [0.05, 0.1) is 18.4 Å². The fourth-order valence-corrected chi connectivity index (χ4v) is 4.05. The highest BCUT2D eigenvalue weighted by molar-refractivity contribution is 5.91. The number of ether oxygens (including phenoxy) is 1. The summed E-state index contributed by atoms with van der Waals surface area (Å²) in [4.78, 5) is 25.5. The summed E-state index contributed by atoms with van der Waals surface area (Å²) in [7, 11) is 0. The number of hydrogen-bond donors (Lipinski definition) is 1. The summed E-state index contributed by atoms with van der Waals surface area (Å²) in [6.07, 6.45) is 5.65. The Labute approximate surface area is 171 Å². The van der Waals surface area contributed by atoms with Crippen LogP contribution in [0, 0.1) is 5.92 Å². The highest BCUT2D eigenvalue weighted by Gasteiger charge is 2.29. The maximum Gasteiger partial charge on any atom is 0.289 e. The Balaban J connectivity index is 1.37. The van der Waals surface area contributed by atoms with E-state index in [1.807, 2.05) is 11.0 Å². The summed E-state index contributed by atoms with van der Waals surface area (Å²) >= 11 is 0. The number of nitrogens with one attached hydrogen (secondary N) is 1.